The first-order valence-corrected chi connectivity index (χ1v) is 7.06. The smallest absolute Gasteiger partial charge is 0.0487 e. The van der Waals surface area contributed by atoms with Gasteiger partial charge < -0.3 is 5.32 Å². The number of benzene rings is 2. The molecule has 0 aliphatic heterocycles. The highest BCUT2D eigenvalue weighted by Gasteiger charge is 2.06. The SMILES string of the molecule is Cc1ccc(NCc2c(Cl)cccc2Cl)c(Br)c1. The maximum atomic E-state index is 6.12. The Bertz CT molecular complexity index is 549. The van der Waals surface area contributed by atoms with Crippen molar-refractivity contribution in [2.75, 3.05) is 5.32 Å². The van der Waals surface area contributed by atoms with Gasteiger partial charge in [-0.05, 0) is 52.7 Å². The number of hydrogen-bond acceptors (Lipinski definition) is 1. The Labute approximate surface area is 125 Å². The van der Waals surface area contributed by atoms with Crippen molar-refractivity contribution in [2.45, 2.75) is 13.5 Å². The molecule has 0 fully saturated rings. The topological polar surface area (TPSA) is 12.0 Å². The van der Waals surface area contributed by atoms with E-state index in [1.165, 1.54) is 5.56 Å². The zero-order valence-corrected chi connectivity index (χ0v) is 12.9. The lowest BCUT2D eigenvalue weighted by atomic mass is 10.2. The molecule has 2 aromatic rings. The van der Waals surface area contributed by atoms with Crippen molar-refractivity contribution in [2.24, 2.45) is 0 Å². The van der Waals surface area contributed by atoms with Crippen LogP contribution in [0.5, 0.6) is 0 Å². The predicted molar refractivity (Wildman–Crippen MR) is 82.7 cm³/mol. The van der Waals surface area contributed by atoms with Crippen molar-refractivity contribution < 1.29 is 0 Å². The van der Waals surface area contributed by atoms with E-state index in [1.54, 1.807) is 0 Å². The van der Waals surface area contributed by atoms with E-state index in [0.717, 1.165) is 15.7 Å². The summed E-state index contributed by atoms with van der Waals surface area (Å²) in [4.78, 5) is 0. The van der Waals surface area contributed by atoms with Crippen molar-refractivity contribution in [3.05, 3.63) is 62.0 Å². The van der Waals surface area contributed by atoms with Crippen LogP contribution in [0.15, 0.2) is 40.9 Å². The zero-order chi connectivity index (χ0) is 13.1. The van der Waals surface area contributed by atoms with Gasteiger partial charge in [-0.15, -0.1) is 0 Å². The minimum absolute atomic E-state index is 0.597. The standard InChI is InChI=1S/C14H12BrCl2N/c1-9-5-6-14(11(15)7-9)18-8-10-12(16)3-2-4-13(10)17/h2-7,18H,8H2,1H3. The third kappa shape index (κ3) is 3.19. The lowest BCUT2D eigenvalue weighted by Crippen LogP contribution is -2.01. The molecule has 0 heterocycles. The highest BCUT2D eigenvalue weighted by Crippen LogP contribution is 2.28. The highest BCUT2D eigenvalue weighted by atomic mass is 79.9. The molecule has 1 nitrogen and oxygen atoms in total. The predicted octanol–water partition coefficient (Wildman–Crippen LogP) is 5.68. The summed E-state index contributed by atoms with van der Waals surface area (Å²) >= 11 is 15.8. The van der Waals surface area contributed by atoms with Crippen LogP contribution in [0.1, 0.15) is 11.1 Å². The van der Waals surface area contributed by atoms with E-state index >= 15 is 0 Å². The highest BCUT2D eigenvalue weighted by molar-refractivity contribution is 9.10. The molecule has 4 heteroatoms. The Hall–Kier alpha value is -0.700. The quantitative estimate of drug-likeness (QED) is 0.755. The van der Waals surface area contributed by atoms with Gasteiger partial charge in [-0.25, -0.2) is 0 Å². The lowest BCUT2D eigenvalue weighted by molar-refractivity contribution is 1.14. The second-order valence-electron chi connectivity index (χ2n) is 4.04. The van der Waals surface area contributed by atoms with Crippen molar-refractivity contribution >= 4 is 44.8 Å². The summed E-state index contributed by atoms with van der Waals surface area (Å²) in [5.74, 6) is 0. The molecule has 0 radical (unpaired) electrons. The van der Waals surface area contributed by atoms with E-state index in [1.807, 2.05) is 24.3 Å². The van der Waals surface area contributed by atoms with Gasteiger partial charge in [0.25, 0.3) is 0 Å². The van der Waals surface area contributed by atoms with Crippen LogP contribution in [0.4, 0.5) is 5.69 Å². The number of rotatable bonds is 3. The lowest BCUT2D eigenvalue weighted by Gasteiger charge is -2.11. The van der Waals surface area contributed by atoms with Gasteiger partial charge in [0.15, 0.2) is 0 Å². The molecule has 0 unspecified atom stereocenters. The fraction of sp³-hybridized carbons (Fsp3) is 0.143. The van der Waals surface area contributed by atoms with Gasteiger partial charge in [0, 0.05) is 32.3 Å². The summed E-state index contributed by atoms with van der Waals surface area (Å²) in [6, 6.07) is 11.7. The molecule has 0 aliphatic carbocycles. The summed E-state index contributed by atoms with van der Waals surface area (Å²) in [6.45, 7) is 2.65. The maximum absolute atomic E-state index is 6.12. The van der Waals surface area contributed by atoms with Crippen molar-refractivity contribution in [3.8, 4) is 0 Å². The minimum atomic E-state index is 0.597. The first-order chi connectivity index (χ1) is 8.58. The summed E-state index contributed by atoms with van der Waals surface area (Å²) in [5.41, 5.74) is 3.15. The molecule has 0 saturated heterocycles. The van der Waals surface area contributed by atoms with Crippen LogP contribution in [-0.4, -0.2) is 0 Å². The Morgan fingerprint density at radius 3 is 2.39 bits per heavy atom. The van der Waals surface area contributed by atoms with E-state index in [9.17, 15) is 0 Å². The summed E-state index contributed by atoms with van der Waals surface area (Å²) in [6.07, 6.45) is 0. The molecule has 94 valence electrons. The van der Waals surface area contributed by atoms with Gasteiger partial charge >= 0.3 is 0 Å². The molecular formula is C14H12BrCl2N. The van der Waals surface area contributed by atoms with Gasteiger partial charge in [-0.3, -0.25) is 0 Å². The summed E-state index contributed by atoms with van der Waals surface area (Å²) < 4.78 is 1.03. The fourth-order valence-corrected chi connectivity index (χ4v) is 2.81. The minimum Gasteiger partial charge on any atom is -0.380 e. The van der Waals surface area contributed by atoms with E-state index in [0.29, 0.717) is 16.6 Å². The Morgan fingerprint density at radius 2 is 1.78 bits per heavy atom. The molecule has 2 rings (SSSR count). The largest absolute Gasteiger partial charge is 0.380 e. The molecule has 1 N–H and O–H groups in total. The van der Waals surface area contributed by atoms with Crippen molar-refractivity contribution in [1.29, 1.82) is 0 Å². The number of anilines is 1. The maximum Gasteiger partial charge on any atom is 0.0487 e. The van der Waals surface area contributed by atoms with Crippen LogP contribution in [-0.2, 0) is 6.54 Å². The van der Waals surface area contributed by atoms with Crippen molar-refractivity contribution in [3.63, 3.8) is 0 Å². The van der Waals surface area contributed by atoms with Crippen LogP contribution in [0, 0.1) is 6.92 Å². The Balaban J connectivity index is 2.16. The molecular weight excluding hydrogens is 333 g/mol. The number of nitrogens with one attached hydrogen (secondary N) is 1. The second-order valence-corrected chi connectivity index (χ2v) is 5.71. The van der Waals surface area contributed by atoms with Crippen LogP contribution in [0.25, 0.3) is 0 Å². The average Bonchev–Trinajstić information content (AvgIpc) is 2.31. The molecule has 0 saturated carbocycles. The van der Waals surface area contributed by atoms with Crippen molar-refractivity contribution in [1.82, 2.24) is 0 Å². The average molecular weight is 345 g/mol. The van der Waals surface area contributed by atoms with E-state index in [-0.39, 0.29) is 0 Å². The molecule has 0 bridgehead atoms. The molecule has 0 spiro atoms. The molecule has 18 heavy (non-hydrogen) atoms. The van der Waals surface area contributed by atoms with Gasteiger partial charge in [-0.2, -0.15) is 0 Å². The third-order valence-corrected chi connectivity index (χ3v) is 4.01. The van der Waals surface area contributed by atoms with Crippen LogP contribution < -0.4 is 5.32 Å². The van der Waals surface area contributed by atoms with E-state index < -0.39 is 0 Å². The van der Waals surface area contributed by atoms with E-state index in [2.05, 4.69) is 40.3 Å². The first-order valence-electron chi connectivity index (χ1n) is 5.51. The fourth-order valence-electron chi connectivity index (χ4n) is 1.65. The molecule has 0 amide bonds. The summed E-state index contributed by atoms with van der Waals surface area (Å²) in [7, 11) is 0. The first kappa shape index (κ1) is 13.7. The van der Waals surface area contributed by atoms with Gasteiger partial charge in [0.2, 0.25) is 0 Å². The van der Waals surface area contributed by atoms with E-state index in [4.69, 9.17) is 23.2 Å². The molecule has 0 atom stereocenters. The monoisotopic (exact) mass is 343 g/mol. The number of hydrogen-bond donors (Lipinski definition) is 1. The third-order valence-electron chi connectivity index (χ3n) is 2.64. The normalized spacial score (nSPS) is 10.4. The van der Waals surface area contributed by atoms with Crippen LogP contribution in [0.3, 0.4) is 0 Å². The van der Waals surface area contributed by atoms with Crippen LogP contribution >= 0.6 is 39.1 Å². The second kappa shape index (κ2) is 5.96. The zero-order valence-electron chi connectivity index (χ0n) is 9.81. The van der Waals surface area contributed by atoms with Crippen LogP contribution in [0.2, 0.25) is 10.0 Å². The summed E-state index contributed by atoms with van der Waals surface area (Å²) in [5, 5.41) is 4.68. The van der Waals surface area contributed by atoms with Gasteiger partial charge in [0.1, 0.15) is 0 Å². The molecule has 2 aromatic carbocycles. The molecule has 0 aliphatic rings. The Morgan fingerprint density at radius 1 is 1.11 bits per heavy atom. The molecule has 0 aromatic heterocycles. The Kier molecular flexibility index (Phi) is 4.55. The van der Waals surface area contributed by atoms with Gasteiger partial charge in [-0.1, -0.05) is 35.3 Å². The number of halogens is 3. The van der Waals surface area contributed by atoms with Gasteiger partial charge in [0.05, 0.1) is 0 Å². The number of aryl methyl sites for hydroxylation is 1.